The number of hydrogen-bond donors (Lipinski definition) is 1. The number of nitrogens with zero attached hydrogens (tertiary/aromatic N) is 1. The van der Waals surface area contributed by atoms with E-state index >= 15 is 0 Å². The van der Waals surface area contributed by atoms with E-state index in [1.807, 2.05) is 6.07 Å². The Bertz CT molecular complexity index is 510. The SMILES string of the molecule is CCCC1CCCCN1C(=O)c1ccc2c(c1)CCCN2. The summed E-state index contributed by atoms with van der Waals surface area (Å²) in [4.78, 5) is 15.0. The number of fused-ring (bicyclic) bond motifs is 1. The van der Waals surface area contributed by atoms with Crippen molar-refractivity contribution in [3.8, 4) is 0 Å². The fraction of sp³-hybridized carbons (Fsp3) is 0.611. The molecule has 0 saturated carbocycles. The van der Waals surface area contributed by atoms with Crippen molar-refractivity contribution in [2.45, 2.75) is 57.9 Å². The molecule has 1 aromatic rings. The van der Waals surface area contributed by atoms with E-state index in [4.69, 9.17) is 0 Å². The maximum Gasteiger partial charge on any atom is 0.254 e. The van der Waals surface area contributed by atoms with Crippen LogP contribution in [-0.4, -0.2) is 29.9 Å². The van der Waals surface area contributed by atoms with Gasteiger partial charge in [0.1, 0.15) is 0 Å². The maximum absolute atomic E-state index is 12.9. The predicted octanol–water partition coefficient (Wildman–Crippen LogP) is 3.84. The quantitative estimate of drug-likeness (QED) is 0.915. The number of carbonyl (C=O) groups is 1. The van der Waals surface area contributed by atoms with Gasteiger partial charge in [-0.15, -0.1) is 0 Å². The van der Waals surface area contributed by atoms with E-state index < -0.39 is 0 Å². The smallest absolute Gasteiger partial charge is 0.254 e. The Labute approximate surface area is 127 Å². The van der Waals surface area contributed by atoms with Crippen LogP contribution in [0, 0.1) is 0 Å². The normalized spacial score (nSPS) is 21.6. The topological polar surface area (TPSA) is 32.3 Å². The number of nitrogens with one attached hydrogen (secondary N) is 1. The molecule has 114 valence electrons. The number of rotatable bonds is 3. The molecule has 1 N–H and O–H groups in total. The Morgan fingerprint density at radius 3 is 3.10 bits per heavy atom. The molecule has 3 heteroatoms. The van der Waals surface area contributed by atoms with Crippen LogP contribution >= 0.6 is 0 Å². The highest BCUT2D eigenvalue weighted by Crippen LogP contribution is 2.26. The van der Waals surface area contributed by atoms with Crippen LogP contribution in [0.4, 0.5) is 5.69 Å². The zero-order valence-corrected chi connectivity index (χ0v) is 13.0. The summed E-state index contributed by atoms with van der Waals surface area (Å²) in [6, 6.07) is 6.64. The number of hydrogen-bond acceptors (Lipinski definition) is 2. The van der Waals surface area contributed by atoms with E-state index in [0.717, 1.165) is 50.8 Å². The molecule has 2 aliphatic rings. The second kappa shape index (κ2) is 6.50. The summed E-state index contributed by atoms with van der Waals surface area (Å²) in [5.74, 6) is 0.238. The van der Waals surface area contributed by atoms with Crippen LogP contribution in [0.2, 0.25) is 0 Å². The Kier molecular flexibility index (Phi) is 4.47. The first kappa shape index (κ1) is 14.4. The lowest BCUT2D eigenvalue weighted by molar-refractivity contribution is 0.0600. The number of amides is 1. The van der Waals surface area contributed by atoms with Crippen LogP contribution in [0.25, 0.3) is 0 Å². The minimum Gasteiger partial charge on any atom is -0.385 e. The third-order valence-electron chi connectivity index (χ3n) is 4.80. The predicted molar refractivity (Wildman–Crippen MR) is 86.8 cm³/mol. The fourth-order valence-corrected chi connectivity index (χ4v) is 3.68. The van der Waals surface area contributed by atoms with Gasteiger partial charge in [-0.3, -0.25) is 4.79 Å². The minimum atomic E-state index is 0.238. The molecule has 2 aliphatic heterocycles. The highest BCUT2D eigenvalue weighted by atomic mass is 16.2. The monoisotopic (exact) mass is 286 g/mol. The lowest BCUT2D eigenvalue weighted by Gasteiger charge is -2.36. The van der Waals surface area contributed by atoms with E-state index in [2.05, 4.69) is 29.3 Å². The number of aryl methyl sites for hydroxylation is 1. The molecule has 0 bridgehead atoms. The lowest BCUT2D eigenvalue weighted by atomic mass is 9.96. The van der Waals surface area contributed by atoms with Gasteiger partial charge in [0.25, 0.3) is 5.91 Å². The number of benzene rings is 1. The molecule has 0 aromatic heterocycles. The van der Waals surface area contributed by atoms with Crippen LogP contribution < -0.4 is 5.32 Å². The van der Waals surface area contributed by atoms with E-state index in [9.17, 15) is 4.79 Å². The molecule has 0 aliphatic carbocycles. The van der Waals surface area contributed by atoms with Crippen molar-refractivity contribution in [2.24, 2.45) is 0 Å². The standard InChI is InChI=1S/C18H26N2O/c1-2-6-16-8-3-4-12-20(16)18(21)15-9-10-17-14(13-15)7-5-11-19-17/h9-10,13,16,19H,2-8,11-12H2,1H3. The van der Waals surface area contributed by atoms with Gasteiger partial charge in [0.05, 0.1) is 0 Å². The molecule has 1 atom stereocenters. The van der Waals surface area contributed by atoms with Crippen molar-refractivity contribution in [3.05, 3.63) is 29.3 Å². The summed E-state index contributed by atoms with van der Waals surface area (Å²) in [7, 11) is 0. The van der Waals surface area contributed by atoms with Gasteiger partial charge in [0, 0.05) is 30.4 Å². The average molecular weight is 286 g/mol. The van der Waals surface area contributed by atoms with Gasteiger partial charge < -0.3 is 10.2 Å². The molecule has 1 aromatic carbocycles. The minimum absolute atomic E-state index is 0.238. The van der Waals surface area contributed by atoms with Crippen molar-refractivity contribution < 1.29 is 4.79 Å². The Morgan fingerprint density at radius 2 is 2.24 bits per heavy atom. The molecule has 3 nitrogen and oxygen atoms in total. The first-order chi connectivity index (χ1) is 10.3. The fourth-order valence-electron chi connectivity index (χ4n) is 3.68. The van der Waals surface area contributed by atoms with Crippen molar-refractivity contribution >= 4 is 11.6 Å². The largest absolute Gasteiger partial charge is 0.385 e. The Balaban J connectivity index is 1.80. The second-order valence-electron chi connectivity index (χ2n) is 6.34. The molecule has 3 rings (SSSR count). The molecule has 0 radical (unpaired) electrons. The van der Waals surface area contributed by atoms with Gasteiger partial charge >= 0.3 is 0 Å². The van der Waals surface area contributed by atoms with Gasteiger partial charge in [-0.25, -0.2) is 0 Å². The first-order valence-corrected chi connectivity index (χ1v) is 8.47. The summed E-state index contributed by atoms with van der Waals surface area (Å²) in [5, 5.41) is 3.41. The highest BCUT2D eigenvalue weighted by Gasteiger charge is 2.27. The first-order valence-electron chi connectivity index (χ1n) is 8.47. The van der Waals surface area contributed by atoms with Crippen LogP contribution in [-0.2, 0) is 6.42 Å². The van der Waals surface area contributed by atoms with Gasteiger partial charge in [0.2, 0.25) is 0 Å². The Hall–Kier alpha value is -1.51. The van der Waals surface area contributed by atoms with Crippen LogP contribution in [0.3, 0.4) is 0 Å². The maximum atomic E-state index is 12.9. The lowest BCUT2D eigenvalue weighted by Crippen LogP contribution is -2.43. The van der Waals surface area contributed by atoms with Crippen LogP contribution in [0.15, 0.2) is 18.2 Å². The number of carbonyl (C=O) groups excluding carboxylic acids is 1. The van der Waals surface area contributed by atoms with Crippen molar-refractivity contribution in [2.75, 3.05) is 18.4 Å². The zero-order valence-electron chi connectivity index (χ0n) is 13.0. The van der Waals surface area contributed by atoms with Crippen molar-refractivity contribution in [1.29, 1.82) is 0 Å². The molecule has 1 amide bonds. The molecule has 1 fully saturated rings. The highest BCUT2D eigenvalue weighted by molar-refractivity contribution is 5.95. The molecule has 21 heavy (non-hydrogen) atoms. The van der Waals surface area contributed by atoms with Crippen LogP contribution in [0.1, 0.15) is 61.4 Å². The molecular weight excluding hydrogens is 260 g/mol. The summed E-state index contributed by atoms with van der Waals surface area (Å²) in [6.07, 6.45) is 8.13. The van der Waals surface area contributed by atoms with Crippen molar-refractivity contribution in [1.82, 2.24) is 4.90 Å². The van der Waals surface area contributed by atoms with E-state index in [1.54, 1.807) is 0 Å². The van der Waals surface area contributed by atoms with Crippen molar-refractivity contribution in [3.63, 3.8) is 0 Å². The van der Waals surface area contributed by atoms with E-state index in [-0.39, 0.29) is 5.91 Å². The molecule has 0 spiro atoms. The molecule has 2 heterocycles. The average Bonchev–Trinajstić information content (AvgIpc) is 2.54. The third kappa shape index (κ3) is 3.07. The van der Waals surface area contributed by atoms with Gasteiger partial charge in [-0.2, -0.15) is 0 Å². The Morgan fingerprint density at radius 1 is 1.33 bits per heavy atom. The van der Waals surface area contributed by atoms with E-state index in [1.165, 1.54) is 24.1 Å². The number of anilines is 1. The molecular formula is C18H26N2O. The van der Waals surface area contributed by atoms with E-state index in [0.29, 0.717) is 6.04 Å². The van der Waals surface area contributed by atoms with Crippen LogP contribution in [0.5, 0.6) is 0 Å². The second-order valence-corrected chi connectivity index (χ2v) is 6.34. The zero-order chi connectivity index (χ0) is 14.7. The summed E-state index contributed by atoms with van der Waals surface area (Å²) < 4.78 is 0. The van der Waals surface area contributed by atoms with Gasteiger partial charge in [-0.1, -0.05) is 13.3 Å². The summed E-state index contributed by atoms with van der Waals surface area (Å²) >= 11 is 0. The summed E-state index contributed by atoms with van der Waals surface area (Å²) in [6.45, 7) is 4.19. The van der Waals surface area contributed by atoms with Gasteiger partial charge in [0.15, 0.2) is 0 Å². The molecule has 1 unspecified atom stereocenters. The summed E-state index contributed by atoms with van der Waals surface area (Å²) in [5.41, 5.74) is 3.39. The van der Waals surface area contributed by atoms with Gasteiger partial charge in [-0.05, 0) is 62.3 Å². The number of piperidine rings is 1. The number of likely N-dealkylation sites (tertiary alicyclic amines) is 1. The third-order valence-corrected chi connectivity index (χ3v) is 4.80. The molecule has 1 saturated heterocycles.